The Balaban J connectivity index is 1.72. The molecular weight excluding hydrogens is 292 g/mol. The van der Waals surface area contributed by atoms with Crippen molar-refractivity contribution in [2.75, 3.05) is 5.75 Å². The van der Waals surface area contributed by atoms with Crippen LogP contribution in [0.1, 0.15) is 71.1 Å². The average molecular weight is 319 g/mol. The summed E-state index contributed by atoms with van der Waals surface area (Å²) in [5, 5.41) is 7.08. The maximum Gasteiger partial charge on any atom is 0.142 e. The van der Waals surface area contributed by atoms with Gasteiger partial charge in [0.15, 0.2) is 0 Å². The zero-order valence-corrected chi connectivity index (χ0v) is 14.4. The second kappa shape index (κ2) is 13.3. The van der Waals surface area contributed by atoms with Gasteiger partial charge in [-0.3, -0.25) is 0 Å². The Hall–Kier alpha value is 0.260. The topological polar surface area (TPSA) is 25.8 Å². The minimum absolute atomic E-state index is 1.06. The normalized spacial score (nSPS) is 11.0. The maximum atomic E-state index is 4.02. The van der Waals surface area contributed by atoms with Crippen LogP contribution in [0.2, 0.25) is 0 Å². The first-order valence-electron chi connectivity index (χ1n) is 7.50. The van der Waals surface area contributed by atoms with E-state index < -0.39 is 0 Å². The van der Waals surface area contributed by atoms with Gasteiger partial charge in [-0.1, -0.05) is 80.0 Å². The summed E-state index contributed by atoms with van der Waals surface area (Å²) in [7, 11) is 3.67. The maximum absolute atomic E-state index is 4.02. The largest absolute Gasteiger partial charge is 0.142 e. The van der Waals surface area contributed by atoms with Crippen molar-refractivity contribution in [2.45, 2.75) is 76.2 Å². The van der Waals surface area contributed by atoms with Gasteiger partial charge in [0, 0.05) is 11.1 Å². The van der Waals surface area contributed by atoms with Crippen LogP contribution >= 0.6 is 33.1 Å². The van der Waals surface area contributed by atoms with Crippen LogP contribution in [0.3, 0.4) is 0 Å². The smallest absolute Gasteiger partial charge is 0.131 e. The highest BCUT2D eigenvalue weighted by Crippen LogP contribution is 2.30. The van der Waals surface area contributed by atoms with E-state index in [1.807, 2.05) is 16.2 Å². The highest BCUT2D eigenvalue weighted by atomic mass is 33.1. The van der Waals surface area contributed by atoms with Gasteiger partial charge >= 0.3 is 0 Å². The molecule has 1 heterocycles. The molecule has 0 saturated carbocycles. The van der Waals surface area contributed by atoms with Gasteiger partial charge in [-0.2, -0.15) is 0 Å². The molecule has 0 N–H and O–H groups in total. The predicted molar refractivity (Wildman–Crippen MR) is 90.1 cm³/mol. The standard InChI is InChI=1S/C14H26N2S3/c1-2-3-4-5-6-7-8-9-10-11-12-18-19-14-13-17-16-15-14/h13H,2-12H2,1H3. The Morgan fingerprint density at radius 3 is 2.16 bits per heavy atom. The molecule has 0 radical (unpaired) electrons. The molecule has 0 bridgehead atoms. The van der Waals surface area contributed by atoms with Crippen LogP contribution in [0.4, 0.5) is 0 Å². The lowest BCUT2D eigenvalue weighted by Crippen LogP contribution is -1.83. The summed E-state index contributed by atoms with van der Waals surface area (Å²) in [6, 6.07) is 0. The molecule has 1 aromatic rings. The van der Waals surface area contributed by atoms with E-state index in [4.69, 9.17) is 0 Å². The number of aromatic nitrogens is 2. The number of unbranched alkanes of at least 4 members (excludes halogenated alkanes) is 9. The summed E-state index contributed by atoms with van der Waals surface area (Å²) in [5.41, 5.74) is 0. The van der Waals surface area contributed by atoms with E-state index in [0.29, 0.717) is 0 Å². The van der Waals surface area contributed by atoms with Crippen LogP contribution in [0.5, 0.6) is 0 Å². The molecule has 5 heteroatoms. The third kappa shape index (κ3) is 10.7. The van der Waals surface area contributed by atoms with Crippen LogP contribution in [0.25, 0.3) is 0 Å². The zero-order valence-electron chi connectivity index (χ0n) is 12.0. The van der Waals surface area contributed by atoms with Gasteiger partial charge < -0.3 is 0 Å². The zero-order chi connectivity index (χ0) is 13.6. The number of rotatable bonds is 13. The van der Waals surface area contributed by atoms with Gasteiger partial charge in [-0.05, 0) is 28.7 Å². The summed E-state index contributed by atoms with van der Waals surface area (Å²) >= 11 is 1.43. The van der Waals surface area contributed by atoms with Crippen molar-refractivity contribution in [3.05, 3.63) is 5.38 Å². The molecule has 0 amide bonds. The quantitative estimate of drug-likeness (QED) is 0.319. The van der Waals surface area contributed by atoms with Gasteiger partial charge in [0.2, 0.25) is 0 Å². The Morgan fingerprint density at radius 2 is 1.58 bits per heavy atom. The van der Waals surface area contributed by atoms with Crippen molar-refractivity contribution in [3.63, 3.8) is 0 Å². The summed E-state index contributed by atoms with van der Waals surface area (Å²) in [6.45, 7) is 2.28. The molecule has 0 aliphatic heterocycles. The highest BCUT2D eigenvalue weighted by molar-refractivity contribution is 8.76. The Labute approximate surface area is 130 Å². The van der Waals surface area contributed by atoms with E-state index in [0.717, 1.165) is 5.03 Å². The molecule has 1 aromatic heterocycles. The van der Waals surface area contributed by atoms with Gasteiger partial charge in [0.05, 0.1) is 0 Å². The molecule has 0 fully saturated rings. The van der Waals surface area contributed by atoms with Crippen molar-refractivity contribution in [1.29, 1.82) is 0 Å². The first-order valence-corrected chi connectivity index (χ1v) is 10.7. The SMILES string of the molecule is CCCCCCCCCCCCSSc1csnn1. The van der Waals surface area contributed by atoms with Crippen LogP contribution in [0.15, 0.2) is 10.4 Å². The summed E-state index contributed by atoms with van der Waals surface area (Å²) in [5.74, 6) is 1.23. The fourth-order valence-corrected chi connectivity index (χ4v) is 4.62. The summed E-state index contributed by atoms with van der Waals surface area (Å²) < 4.78 is 3.86. The van der Waals surface area contributed by atoms with E-state index in [9.17, 15) is 0 Å². The molecular formula is C14H26N2S3. The molecule has 0 aromatic carbocycles. The fraction of sp³-hybridized carbons (Fsp3) is 0.857. The van der Waals surface area contributed by atoms with Gasteiger partial charge in [-0.15, -0.1) is 5.10 Å². The van der Waals surface area contributed by atoms with Crippen LogP contribution in [0, 0.1) is 0 Å². The van der Waals surface area contributed by atoms with Crippen molar-refractivity contribution in [1.82, 2.24) is 9.59 Å². The minimum atomic E-state index is 1.06. The highest BCUT2D eigenvalue weighted by Gasteiger charge is 1.97. The van der Waals surface area contributed by atoms with Crippen molar-refractivity contribution < 1.29 is 0 Å². The monoisotopic (exact) mass is 318 g/mol. The van der Waals surface area contributed by atoms with E-state index in [2.05, 4.69) is 16.5 Å². The Kier molecular flexibility index (Phi) is 12.1. The predicted octanol–water partition coefficient (Wildman–Crippen LogP) is 6.20. The molecule has 0 unspecified atom stereocenters. The lowest BCUT2D eigenvalue weighted by Gasteiger charge is -2.02. The molecule has 0 aliphatic rings. The van der Waals surface area contributed by atoms with Crippen molar-refractivity contribution >= 4 is 33.1 Å². The lowest BCUT2D eigenvalue weighted by atomic mass is 10.1. The third-order valence-corrected chi connectivity index (χ3v) is 6.03. The summed E-state index contributed by atoms with van der Waals surface area (Å²) in [4.78, 5) is 0. The van der Waals surface area contributed by atoms with E-state index in [-0.39, 0.29) is 0 Å². The van der Waals surface area contributed by atoms with Gasteiger partial charge in [0.1, 0.15) is 5.03 Å². The Morgan fingerprint density at radius 1 is 0.947 bits per heavy atom. The minimum Gasteiger partial charge on any atom is -0.131 e. The Bertz CT molecular complexity index is 278. The molecule has 0 spiro atoms. The number of hydrogen-bond acceptors (Lipinski definition) is 5. The lowest BCUT2D eigenvalue weighted by molar-refractivity contribution is 0.563. The molecule has 0 atom stereocenters. The van der Waals surface area contributed by atoms with Gasteiger partial charge in [-0.25, -0.2) is 0 Å². The molecule has 0 saturated heterocycles. The number of nitrogens with zero attached hydrogens (tertiary/aromatic N) is 2. The van der Waals surface area contributed by atoms with E-state index >= 15 is 0 Å². The molecule has 0 aliphatic carbocycles. The molecule has 2 nitrogen and oxygen atoms in total. The fourth-order valence-electron chi connectivity index (χ4n) is 1.94. The van der Waals surface area contributed by atoms with Crippen molar-refractivity contribution in [2.24, 2.45) is 0 Å². The van der Waals surface area contributed by atoms with Crippen LogP contribution in [-0.2, 0) is 0 Å². The van der Waals surface area contributed by atoms with Crippen molar-refractivity contribution in [3.8, 4) is 0 Å². The first kappa shape index (κ1) is 17.3. The summed E-state index contributed by atoms with van der Waals surface area (Å²) in [6.07, 6.45) is 14.1. The van der Waals surface area contributed by atoms with Crippen LogP contribution < -0.4 is 0 Å². The second-order valence-electron chi connectivity index (χ2n) is 4.83. The van der Waals surface area contributed by atoms with E-state index in [1.165, 1.54) is 81.5 Å². The average Bonchev–Trinajstić information content (AvgIpc) is 2.93. The molecule has 19 heavy (non-hydrogen) atoms. The van der Waals surface area contributed by atoms with Crippen LogP contribution in [-0.4, -0.2) is 15.3 Å². The second-order valence-corrected chi connectivity index (χ2v) is 7.88. The first-order chi connectivity index (χ1) is 9.43. The number of hydrogen-bond donors (Lipinski definition) is 0. The third-order valence-electron chi connectivity index (χ3n) is 3.07. The van der Waals surface area contributed by atoms with E-state index in [1.54, 1.807) is 10.8 Å². The molecule has 110 valence electrons. The molecule has 1 rings (SSSR count). The van der Waals surface area contributed by atoms with Gasteiger partial charge in [0.25, 0.3) is 0 Å².